The van der Waals surface area contributed by atoms with E-state index in [1.54, 1.807) is 6.20 Å². The molecule has 1 aromatic heterocycles. The number of likely N-dealkylation sites (N-methyl/N-ethyl adjacent to an activating group) is 1. The van der Waals surface area contributed by atoms with E-state index in [1.165, 1.54) is 0 Å². The molecule has 0 amide bonds. The van der Waals surface area contributed by atoms with Crippen molar-refractivity contribution in [1.29, 1.82) is 0 Å². The molecule has 1 aromatic rings. The molecule has 6 nitrogen and oxygen atoms in total. The fourth-order valence-corrected chi connectivity index (χ4v) is 1.71. The molecule has 2 heterocycles. The number of hydrazine groups is 1. The third-order valence-corrected chi connectivity index (χ3v) is 2.82. The molecule has 0 unspecified atom stereocenters. The lowest BCUT2D eigenvalue weighted by Crippen LogP contribution is -2.47. The van der Waals surface area contributed by atoms with Crippen molar-refractivity contribution in [2.24, 2.45) is 0 Å². The summed E-state index contributed by atoms with van der Waals surface area (Å²) in [5.74, 6) is 1.58. The van der Waals surface area contributed by atoms with Crippen LogP contribution >= 0.6 is 0 Å². The van der Waals surface area contributed by atoms with Gasteiger partial charge < -0.3 is 15.2 Å². The van der Waals surface area contributed by atoms with Crippen LogP contribution in [0.5, 0.6) is 0 Å². The van der Waals surface area contributed by atoms with Crippen LogP contribution in [0.25, 0.3) is 0 Å². The monoisotopic (exact) mass is 236 g/mol. The van der Waals surface area contributed by atoms with E-state index in [-0.39, 0.29) is 0 Å². The summed E-state index contributed by atoms with van der Waals surface area (Å²) in [6.45, 7) is 4.19. The van der Waals surface area contributed by atoms with E-state index in [4.69, 9.17) is 0 Å². The molecule has 1 saturated heterocycles. The Morgan fingerprint density at radius 1 is 1.24 bits per heavy atom. The lowest BCUT2D eigenvalue weighted by Gasteiger charge is -2.32. The first-order chi connectivity index (χ1) is 8.15. The van der Waals surface area contributed by atoms with Gasteiger partial charge in [0.05, 0.1) is 0 Å². The van der Waals surface area contributed by atoms with Gasteiger partial charge in [-0.1, -0.05) is 0 Å². The number of anilines is 2. The largest absolute Gasteiger partial charge is 0.347 e. The Labute approximate surface area is 102 Å². The van der Waals surface area contributed by atoms with Crippen LogP contribution in [0.4, 0.5) is 11.8 Å². The van der Waals surface area contributed by atoms with Crippen molar-refractivity contribution in [3.8, 4) is 0 Å². The quantitative estimate of drug-likeness (QED) is 0.804. The fourth-order valence-electron chi connectivity index (χ4n) is 1.71. The molecule has 1 N–H and O–H groups in total. The average molecular weight is 236 g/mol. The van der Waals surface area contributed by atoms with Gasteiger partial charge in [-0.25, -0.2) is 9.99 Å². The van der Waals surface area contributed by atoms with Gasteiger partial charge in [0, 0.05) is 52.5 Å². The van der Waals surface area contributed by atoms with Gasteiger partial charge in [-0.05, 0) is 7.05 Å². The highest BCUT2D eigenvalue weighted by Gasteiger charge is 2.14. The van der Waals surface area contributed by atoms with Crippen LogP contribution < -0.4 is 10.3 Å². The lowest BCUT2D eigenvalue weighted by molar-refractivity contribution is 0.178. The average Bonchev–Trinajstić information content (AvgIpc) is 2.32. The predicted molar refractivity (Wildman–Crippen MR) is 69.1 cm³/mol. The summed E-state index contributed by atoms with van der Waals surface area (Å²) in [6, 6.07) is 1.89. The van der Waals surface area contributed by atoms with Gasteiger partial charge in [-0.3, -0.25) is 0 Å². The second-order valence-electron chi connectivity index (χ2n) is 4.54. The molecule has 1 aliphatic rings. The molecule has 0 aliphatic carbocycles. The van der Waals surface area contributed by atoms with Crippen LogP contribution in [0.2, 0.25) is 0 Å². The summed E-state index contributed by atoms with van der Waals surface area (Å²) >= 11 is 0. The molecule has 94 valence electrons. The highest BCUT2D eigenvalue weighted by atomic mass is 15.5. The Morgan fingerprint density at radius 2 is 1.94 bits per heavy atom. The van der Waals surface area contributed by atoms with E-state index in [1.807, 2.05) is 25.1 Å². The summed E-state index contributed by atoms with van der Waals surface area (Å²) in [5.41, 5.74) is 3.33. The van der Waals surface area contributed by atoms with E-state index in [2.05, 4.69) is 32.4 Å². The van der Waals surface area contributed by atoms with Gasteiger partial charge in [0.2, 0.25) is 5.95 Å². The zero-order chi connectivity index (χ0) is 12.3. The van der Waals surface area contributed by atoms with Gasteiger partial charge >= 0.3 is 0 Å². The van der Waals surface area contributed by atoms with Crippen molar-refractivity contribution in [1.82, 2.24) is 19.9 Å². The number of hydrogen-bond acceptors (Lipinski definition) is 6. The Hall–Kier alpha value is -1.40. The van der Waals surface area contributed by atoms with Gasteiger partial charge in [-0.2, -0.15) is 4.98 Å². The molecule has 0 atom stereocenters. The molecule has 0 spiro atoms. The zero-order valence-corrected chi connectivity index (χ0v) is 10.7. The first-order valence-electron chi connectivity index (χ1n) is 5.85. The molecule has 1 aliphatic heterocycles. The summed E-state index contributed by atoms with van der Waals surface area (Å²) in [4.78, 5) is 12.8. The molecule has 2 rings (SSSR count). The van der Waals surface area contributed by atoms with Crippen molar-refractivity contribution in [2.45, 2.75) is 0 Å². The normalized spacial score (nSPS) is 18.1. The maximum absolute atomic E-state index is 4.43. The number of hydrogen-bond donors (Lipinski definition) is 1. The lowest BCUT2D eigenvalue weighted by atomic mass is 10.4. The Kier molecular flexibility index (Phi) is 3.75. The zero-order valence-electron chi connectivity index (χ0n) is 10.7. The van der Waals surface area contributed by atoms with Crippen LogP contribution in [0.15, 0.2) is 12.3 Å². The van der Waals surface area contributed by atoms with Gasteiger partial charge in [0.1, 0.15) is 5.82 Å². The third-order valence-electron chi connectivity index (χ3n) is 2.82. The van der Waals surface area contributed by atoms with Crippen molar-refractivity contribution in [3.05, 3.63) is 12.3 Å². The van der Waals surface area contributed by atoms with Gasteiger partial charge in [-0.15, -0.1) is 0 Å². The molecule has 0 saturated carbocycles. The molecule has 0 radical (unpaired) electrons. The molecular weight excluding hydrogens is 216 g/mol. The first kappa shape index (κ1) is 12.1. The first-order valence-corrected chi connectivity index (χ1v) is 5.85. The Balaban J connectivity index is 1.96. The van der Waals surface area contributed by atoms with Crippen LogP contribution in [-0.2, 0) is 0 Å². The standard InChI is InChI=1S/C11H20N6/c1-15(2)11-12-5-4-10(13-11)14-17-8-6-16(3)7-9-17/h4-5H,6-9H2,1-3H3,(H,12,13,14). The van der Waals surface area contributed by atoms with Crippen molar-refractivity contribution in [3.63, 3.8) is 0 Å². The second-order valence-corrected chi connectivity index (χ2v) is 4.54. The molecular formula is C11H20N6. The molecule has 0 bridgehead atoms. The van der Waals surface area contributed by atoms with E-state index >= 15 is 0 Å². The van der Waals surface area contributed by atoms with E-state index in [0.717, 1.165) is 37.9 Å². The van der Waals surface area contributed by atoms with Crippen LogP contribution in [0.1, 0.15) is 0 Å². The van der Waals surface area contributed by atoms with Crippen LogP contribution in [-0.4, -0.2) is 67.2 Å². The van der Waals surface area contributed by atoms with Crippen molar-refractivity contribution in [2.75, 3.05) is 57.6 Å². The summed E-state index contributed by atoms with van der Waals surface area (Å²) < 4.78 is 0. The number of nitrogens with zero attached hydrogens (tertiary/aromatic N) is 5. The second kappa shape index (κ2) is 5.29. The maximum atomic E-state index is 4.43. The van der Waals surface area contributed by atoms with Crippen molar-refractivity contribution < 1.29 is 0 Å². The summed E-state index contributed by atoms with van der Waals surface area (Å²) in [5, 5.41) is 2.20. The number of rotatable bonds is 3. The third kappa shape index (κ3) is 3.28. The minimum absolute atomic E-state index is 0.726. The topological polar surface area (TPSA) is 47.5 Å². The van der Waals surface area contributed by atoms with Gasteiger partial charge in [0.15, 0.2) is 0 Å². The highest BCUT2D eigenvalue weighted by Crippen LogP contribution is 2.09. The number of aromatic nitrogens is 2. The summed E-state index contributed by atoms with van der Waals surface area (Å²) in [6.07, 6.45) is 1.78. The fraction of sp³-hybridized carbons (Fsp3) is 0.636. The molecule has 0 aromatic carbocycles. The van der Waals surface area contributed by atoms with Gasteiger partial charge in [0.25, 0.3) is 0 Å². The smallest absolute Gasteiger partial charge is 0.226 e. The van der Waals surface area contributed by atoms with E-state index in [9.17, 15) is 0 Å². The number of piperazine rings is 1. The van der Waals surface area contributed by atoms with Crippen molar-refractivity contribution >= 4 is 11.8 Å². The molecule has 1 fully saturated rings. The maximum Gasteiger partial charge on any atom is 0.226 e. The highest BCUT2D eigenvalue weighted by molar-refractivity contribution is 5.39. The predicted octanol–water partition coefficient (Wildman–Crippen LogP) is 0.117. The Bertz CT molecular complexity index is 359. The summed E-state index contributed by atoms with van der Waals surface area (Å²) in [7, 11) is 6.02. The molecule has 6 heteroatoms. The molecule has 17 heavy (non-hydrogen) atoms. The Morgan fingerprint density at radius 3 is 2.59 bits per heavy atom. The number of nitrogens with one attached hydrogen (secondary N) is 1. The van der Waals surface area contributed by atoms with Crippen LogP contribution in [0.3, 0.4) is 0 Å². The minimum Gasteiger partial charge on any atom is -0.347 e. The van der Waals surface area contributed by atoms with E-state index < -0.39 is 0 Å². The van der Waals surface area contributed by atoms with E-state index in [0.29, 0.717) is 0 Å². The SMILES string of the molecule is CN1CCN(Nc2ccnc(N(C)C)n2)CC1. The van der Waals surface area contributed by atoms with Crippen LogP contribution in [0, 0.1) is 0 Å². The minimum atomic E-state index is 0.726.